The maximum Gasteiger partial charge on any atom is 0.240 e. The highest BCUT2D eigenvalue weighted by atomic mass is 79.9. The van der Waals surface area contributed by atoms with E-state index in [1.807, 2.05) is 0 Å². The standard InChI is InChI=1S/C13H19BrFN3O2S/c14-12-10-11(2-3-13(12)15)21(19,20)17-4-1-7-18-8-5-16-6-9-18/h2-3,10,16-17H,1,4-9H2. The monoisotopic (exact) mass is 379 g/mol. The van der Waals surface area contributed by atoms with Gasteiger partial charge in [-0.2, -0.15) is 0 Å². The molecule has 5 nitrogen and oxygen atoms in total. The number of rotatable bonds is 6. The van der Waals surface area contributed by atoms with Crippen molar-refractivity contribution in [1.29, 1.82) is 0 Å². The van der Waals surface area contributed by atoms with Crippen molar-refractivity contribution >= 4 is 26.0 Å². The number of hydrogen-bond acceptors (Lipinski definition) is 4. The van der Waals surface area contributed by atoms with Gasteiger partial charge in [0.1, 0.15) is 5.82 Å². The van der Waals surface area contributed by atoms with Crippen LogP contribution in [0.1, 0.15) is 6.42 Å². The van der Waals surface area contributed by atoms with Crippen LogP contribution < -0.4 is 10.0 Å². The van der Waals surface area contributed by atoms with Gasteiger partial charge in [-0.1, -0.05) is 0 Å². The molecule has 1 aromatic rings. The molecular formula is C13H19BrFN3O2S. The molecular weight excluding hydrogens is 361 g/mol. The summed E-state index contributed by atoms with van der Waals surface area (Å²) in [6.07, 6.45) is 0.752. The Kier molecular flexibility index (Phi) is 6.12. The molecule has 0 atom stereocenters. The highest BCUT2D eigenvalue weighted by Crippen LogP contribution is 2.19. The zero-order valence-corrected chi connectivity index (χ0v) is 14.0. The van der Waals surface area contributed by atoms with E-state index < -0.39 is 15.8 Å². The molecule has 118 valence electrons. The first kappa shape index (κ1) is 16.8. The molecule has 0 aromatic heterocycles. The van der Waals surface area contributed by atoms with E-state index in [0.29, 0.717) is 6.54 Å². The van der Waals surface area contributed by atoms with Crippen molar-refractivity contribution in [1.82, 2.24) is 14.9 Å². The van der Waals surface area contributed by atoms with E-state index in [9.17, 15) is 12.8 Å². The molecule has 1 aliphatic rings. The summed E-state index contributed by atoms with van der Waals surface area (Å²) in [7, 11) is -3.58. The summed E-state index contributed by atoms with van der Waals surface area (Å²) in [5.41, 5.74) is 0. The van der Waals surface area contributed by atoms with E-state index >= 15 is 0 Å². The molecule has 0 amide bonds. The zero-order chi connectivity index (χ0) is 15.3. The molecule has 0 aliphatic carbocycles. The normalized spacial score (nSPS) is 17.0. The minimum absolute atomic E-state index is 0.0675. The summed E-state index contributed by atoms with van der Waals surface area (Å²) in [6.45, 7) is 5.21. The molecule has 0 spiro atoms. The summed E-state index contributed by atoms with van der Waals surface area (Å²) < 4.78 is 40.0. The van der Waals surface area contributed by atoms with Crippen molar-refractivity contribution in [3.05, 3.63) is 28.5 Å². The number of sulfonamides is 1. The van der Waals surface area contributed by atoms with Crippen LogP contribution in [0, 0.1) is 5.82 Å². The Bertz CT molecular complexity index is 577. The lowest BCUT2D eigenvalue weighted by molar-refractivity contribution is 0.239. The first-order valence-corrected chi connectivity index (χ1v) is 9.14. The van der Waals surface area contributed by atoms with Gasteiger partial charge in [-0.15, -0.1) is 0 Å². The average Bonchev–Trinajstić information content (AvgIpc) is 2.47. The Hall–Kier alpha value is -0.540. The van der Waals surface area contributed by atoms with Gasteiger partial charge >= 0.3 is 0 Å². The third-order valence-electron chi connectivity index (χ3n) is 3.35. The lowest BCUT2D eigenvalue weighted by Crippen LogP contribution is -2.44. The van der Waals surface area contributed by atoms with Crippen LogP contribution in [0.25, 0.3) is 0 Å². The van der Waals surface area contributed by atoms with Crippen molar-refractivity contribution in [2.24, 2.45) is 0 Å². The molecule has 1 saturated heterocycles. The van der Waals surface area contributed by atoms with Gasteiger partial charge in [-0.25, -0.2) is 17.5 Å². The molecule has 0 saturated carbocycles. The van der Waals surface area contributed by atoms with Crippen molar-refractivity contribution in [3.63, 3.8) is 0 Å². The highest BCUT2D eigenvalue weighted by molar-refractivity contribution is 9.10. The number of nitrogens with one attached hydrogen (secondary N) is 2. The molecule has 8 heteroatoms. The molecule has 0 bridgehead atoms. The highest BCUT2D eigenvalue weighted by Gasteiger charge is 2.15. The second-order valence-electron chi connectivity index (χ2n) is 4.92. The van der Waals surface area contributed by atoms with Crippen LogP contribution in [0.4, 0.5) is 4.39 Å². The van der Waals surface area contributed by atoms with Crippen molar-refractivity contribution in [2.45, 2.75) is 11.3 Å². The van der Waals surface area contributed by atoms with E-state index in [2.05, 4.69) is 30.9 Å². The third kappa shape index (κ3) is 5.00. The fraction of sp³-hybridized carbons (Fsp3) is 0.538. The summed E-state index contributed by atoms with van der Waals surface area (Å²) in [5, 5.41) is 3.27. The number of hydrogen-bond donors (Lipinski definition) is 2. The Balaban J connectivity index is 1.82. The van der Waals surface area contributed by atoms with E-state index in [1.54, 1.807) is 0 Å². The van der Waals surface area contributed by atoms with Crippen molar-refractivity contribution < 1.29 is 12.8 Å². The molecule has 1 aliphatic heterocycles. The second kappa shape index (κ2) is 7.64. The summed E-state index contributed by atoms with van der Waals surface area (Å²) >= 11 is 2.99. The quantitative estimate of drug-likeness (QED) is 0.728. The van der Waals surface area contributed by atoms with Crippen molar-refractivity contribution in [3.8, 4) is 0 Å². The molecule has 0 radical (unpaired) electrons. The molecule has 0 unspecified atom stereocenters. The van der Waals surface area contributed by atoms with Gasteiger partial charge in [0.2, 0.25) is 10.0 Å². The number of nitrogens with zero attached hydrogens (tertiary/aromatic N) is 1. The van der Waals surface area contributed by atoms with E-state index in [1.165, 1.54) is 12.1 Å². The van der Waals surface area contributed by atoms with E-state index in [-0.39, 0.29) is 9.37 Å². The van der Waals surface area contributed by atoms with Crippen LogP contribution in [0.3, 0.4) is 0 Å². The van der Waals surface area contributed by atoms with Crippen LogP contribution >= 0.6 is 15.9 Å². The third-order valence-corrected chi connectivity index (χ3v) is 5.42. The predicted octanol–water partition coefficient (Wildman–Crippen LogP) is 1.16. The summed E-state index contributed by atoms with van der Waals surface area (Å²) in [4.78, 5) is 2.37. The number of piperazine rings is 1. The number of benzene rings is 1. The van der Waals surface area contributed by atoms with Crippen LogP contribution in [-0.4, -0.2) is 52.6 Å². The average molecular weight is 380 g/mol. The minimum atomic E-state index is -3.58. The minimum Gasteiger partial charge on any atom is -0.314 e. The molecule has 1 fully saturated rings. The lowest BCUT2D eigenvalue weighted by atomic mass is 10.3. The van der Waals surface area contributed by atoms with Gasteiger partial charge in [0.15, 0.2) is 0 Å². The van der Waals surface area contributed by atoms with Gasteiger partial charge in [0.05, 0.1) is 9.37 Å². The zero-order valence-electron chi connectivity index (χ0n) is 11.6. The van der Waals surface area contributed by atoms with Gasteiger partial charge in [0.25, 0.3) is 0 Å². The van der Waals surface area contributed by atoms with Crippen LogP contribution in [-0.2, 0) is 10.0 Å². The maximum absolute atomic E-state index is 13.1. The largest absolute Gasteiger partial charge is 0.314 e. The van der Waals surface area contributed by atoms with E-state index in [4.69, 9.17) is 0 Å². The SMILES string of the molecule is O=S(=O)(NCCCN1CCNCC1)c1ccc(F)c(Br)c1. The topological polar surface area (TPSA) is 61.4 Å². The summed E-state index contributed by atoms with van der Waals surface area (Å²) in [6, 6.07) is 3.67. The fourth-order valence-corrected chi connectivity index (χ4v) is 3.80. The van der Waals surface area contributed by atoms with Gasteiger partial charge in [-0.3, -0.25) is 0 Å². The van der Waals surface area contributed by atoms with Gasteiger partial charge in [-0.05, 0) is 47.1 Å². The lowest BCUT2D eigenvalue weighted by Gasteiger charge is -2.27. The van der Waals surface area contributed by atoms with E-state index in [0.717, 1.165) is 45.2 Å². The first-order chi connectivity index (χ1) is 9.99. The molecule has 1 aromatic carbocycles. The molecule has 2 N–H and O–H groups in total. The van der Waals surface area contributed by atoms with Crippen molar-refractivity contribution in [2.75, 3.05) is 39.3 Å². The molecule has 21 heavy (non-hydrogen) atoms. The van der Waals surface area contributed by atoms with Gasteiger partial charge < -0.3 is 10.2 Å². The predicted molar refractivity (Wildman–Crippen MR) is 83.2 cm³/mol. The van der Waals surface area contributed by atoms with Crippen LogP contribution in [0.5, 0.6) is 0 Å². The van der Waals surface area contributed by atoms with Gasteiger partial charge in [0, 0.05) is 32.7 Å². The fourth-order valence-electron chi connectivity index (χ4n) is 2.17. The summed E-state index contributed by atoms with van der Waals surface area (Å²) in [5.74, 6) is -0.479. The van der Waals surface area contributed by atoms with Crippen LogP contribution in [0.15, 0.2) is 27.6 Å². The first-order valence-electron chi connectivity index (χ1n) is 6.87. The smallest absolute Gasteiger partial charge is 0.240 e. The number of halogens is 2. The Morgan fingerprint density at radius 1 is 1.33 bits per heavy atom. The van der Waals surface area contributed by atoms with Crippen LogP contribution in [0.2, 0.25) is 0 Å². The Morgan fingerprint density at radius 2 is 2.05 bits per heavy atom. The Labute approximate surface area is 133 Å². The Morgan fingerprint density at radius 3 is 2.71 bits per heavy atom. The maximum atomic E-state index is 13.1. The molecule has 2 rings (SSSR count). The second-order valence-corrected chi connectivity index (χ2v) is 7.54. The molecule has 1 heterocycles.